The summed E-state index contributed by atoms with van der Waals surface area (Å²) in [4.78, 5) is 25.7. The van der Waals surface area contributed by atoms with Crippen molar-refractivity contribution in [2.75, 3.05) is 18.1 Å². The SMILES string of the molecule is CC1(C(=O)O)CCCN1C(=O)c1ccc(C2SCCCS2)cc1. The molecule has 2 fully saturated rings. The van der Waals surface area contributed by atoms with Crippen LogP contribution in [0.3, 0.4) is 0 Å². The van der Waals surface area contributed by atoms with Crippen molar-refractivity contribution < 1.29 is 14.7 Å². The van der Waals surface area contributed by atoms with E-state index >= 15 is 0 Å². The largest absolute Gasteiger partial charge is 0.480 e. The number of thioether (sulfide) groups is 2. The number of benzene rings is 1. The van der Waals surface area contributed by atoms with E-state index < -0.39 is 11.5 Å². The zero-order chi connectivity index (χ0) is 16.4. The van der Waals surface area contributed by atoms with E-state index in [4.69, 9.17) is 0 Å². The molecule has 23 heavy (non-hydrogen) atoms. The molecule has 0 aliphatic carbocycles. The van der Waals surface area contributed by atoms with Crippen LogP contribution in [-0.4, -0.2) is 45.5 Å². The number of carbonyl (C=O) groups excluding carboxylic acids is 1. The third-order valence-corrected chi connectivity index (χ3v) is 7.62. The van der Waals surface area contributed by atoms with Crippen molar-refractivity contribution in [3.63, 3.8) is 0 Å². The first kappa shape index (κ1) is 16.7. The number of rotatable bonds is 3. The molecule has 1 unspecified atom stereocenters. The second kappa shape index (κ2) is 6.77. The van der Waals surface area contributed by atoms with E-state index in [1.165, 1.54) is 28.4 Å². The highest BCUT2D eigenvalue weighted by atomic mass is 32.2. The molecule has 0 spiro atoms. The maximum atomic E-state index is 12.7. The summed E-state index contributed by atoms with van der Waals surface area (Å²) in [5, 5.41) is 9.45. The molecular formula is C17H21NO3S2. The minimum absolute atomic E-state index is 0.178. The summed E-state index contributed by atoms with van der Waals surface area (Å²) in [6.07, 6.45) is 2.51. The van der Waals surface area contributed by atoms with Crippen LogP contribution in [0, 0.1) is 0 Å². The Hall–Kier alpha value is -1.14. The molecule has 2 aliphatic heterocycles. The smallest absolute Gasteiger partial charge is 0.329 e. The number of aliphatic carboxylic acids is 1. The van der Waals surface area contributed by atoms with Crippen LogP contribution in [-0.2, 0) is 4.79 Å². The first-order chi connectivity index (χ1) is 11.0. The molecule has 2 heterocycles. The van der Waals surface area contributed by atoms with Crippen LogP contribution >= 0.6 is 23.5 Å². The quantitative estimate of drug-likeness (QED) is 0.901. The van der Waals surface area contributed by atoms with E-state index in [1.54, 1.807) is 6.92 Å². The zero-order valence-electron chi connectivity index (χ0n) is 13.2. The Labute approximate surface area is 145 Å². The second-order valence-corrected chi connectivity index (χ2v) is 8.91. The Balaban J connectivity index is 1.76. The van der Waals surface area contributed by atoms with Gasteiger partial charge in [0, 0.05) is 12.1 Å². The highest BCUT2D eigenvalue weighted by molar-refractivity contribution is 8.16. The molecule has 2 saturated heterocycles. The van der Waals surface area contributed by atoms with Crippen molar-refractivity contribution in [3.8, 4) is 0 Å². The third-order valence-electron chi connectivity index (χ3n) is 4.60. The number of hydrogen-bond donors (Lipinski definition) is 1. The van der Waals surface area contributed by atoms with Gasteiger partial charge in [0.2, 0.25) is 0 Å². The Morgan fingerprint density at radius 3 is 2.43 bits per heavy atom. The van der Waals surface area contributed by atoms with Crippen LogP contribution in [0.15, 0.2) is 24.3 Å². The van der Waals surface area contributed by atoms with Crippen LogP contribution in [0.25, 0.3) is 0 Å². The van der Waals surface area contributed by atoms with Crippen LogP contribution in [0.1, 0.15) is 46.7 Å². The Kier molecular flexibility index (Phi) is 4.92. The van der Waals surface area contributed by atoms with E-state index in [-0.39, 0.29) is 5.91 Å². The van der Waals surface area contributed by atoms with Gasteiger partial charge >= 0.3 is 5.97 Å². The molecule has 0 aromatic heterocycles. The lowest BCUT2D eigenvalue weighted by molar-refractivity contribution is -0.147. The van der Waals surface area contributed by atoms with Crippen molar-refractivity contribution in [1.29, 1.82) is 0 Å². The summed E-state index contributed by atoms with van der Waals surface area (Å²) in [5.74, 6) is 1.27. The van der Waals surface area contributed by atoms with Gasteiger partial charge in [-0.15, -0.1) is 23.5 Å². The molecule has 124 valence electrons. The molecule has 4 nitrogen and oxygen atoms in total. The molecule has 1 aromatic carbocycles. The number of amides is 1. The topological polar surface area (TPSA) is 57.6 Å². The zero-order valence-corrected chi connectivity index (χ0v) is 14.8. The maximum absolute atomic E-state index is 12.7. The van der Waals surface area contributed by atoms with Crippen molar-refractivity contribution in [2.45, 2.75) is 36.3 Å². The summed E-state index contributed by atoms with van der Waals surface area (Å²) >= 11 is 3.90. The standard InChI is InChI=1S/C17H21NO3S2/c1-17(16(20)21)8-2-9-18(17)14(19)12-4-6-13(7-5-12)15-22-10-3-11-23-15/h4-7,15H,2-3,8-11H2,1H3,(H,20,21). The molecule has 1 N–H and O–H groups in total. The predicted molar refractivity (Wildman–Crippen MR) is 95.0 cm³/mol. The van der Waals surface area contributed by atoms with Crippen LogP contribution in [0.4, 0.5) is 0 Å². The Morgan fingerprint density at radius 1 is 1.17 bits per heavy atom. The van der Waals surface area contributed by atoms with E-state index in [0.717, 1.165) is 6.42 Å². The van der Waals surface area contributed by atoms with E-state index in [0.29, 0.717) is 23.1 Å². The van der Waals surface area contributed by atoms with Gasteiger partial charge in [-0.2, -0.15) is 0 Å². The van der Waals surface area contributed by atoms with Gasteiger partial charge in [-0.3, -0.25) is 4.79 Å². The lowest BCUT2D eigenvalue weighted by Crippen LogP contribution is -2.50. The molecule has 2 aliphatic rings. The van der Waals surface area contributed by atoms with Crippen molar-refractivity contribution in [3.05, 3.63) is 35.4 Å². The predicted octanol–water partition coefficient (Wildman–Crippen LogP) is 3.63. The van der Waals surface area contributed by atoms with E-state index in [9.17, 15) is 14.7 Å². The highest BCUT2D eigenvalue weighted by Crippen LogP contribution is 2.43. The fraction of sp³-hybridized carbons (Fsp3) is 0.529. The van der Waals surface area contributed by atoms with Crippen molar-refractivity contribution in [1.82, 2.24) is 4.90 Å². The summed E-state index contributed by atoms with van der Waals surface area (Å²) in [5.41, 5.74) is 0.734. The Morgan fingerprint density at radius 2 is 1.83 bits per heavy atom. The molecule has 0 bridgehead atoms. The molecule has 6 heteroatoms. The molecule has 0 saturated carbocycles. The Bertz CT molecular complexity index is 598. The van der Waals surface area contributed by atoms with Gasteiger partial charge < -0.3 is 10.0 Å². The monoisotopic (exact) mass is 351 g/mol. The fourth-order valence-electron chi connectivity index (χ4n) is 3.13. The van der Waals surface area contributed by atoms with Crippen LogP contribution in [0.2, 0.25) is 0 Å². The van der Waals surface area contributed by atoms with Gasteiger partial charge in [0.15, 0.2) is 0 Å². The van der Waals surface area contributed by atoms with E-state index in [1.807, 2.05) is 47.8 Å². The van der Waals surface area contributed by atoms with Gasteiger partial charge in [0.1, 0.15) is 5.54 Å². The first-order valence-electron chi connectivity index (χ1n) is 7.91. The number of carbonyl (C=O) groups is 2. The molecule has 1 atom stereocenters. The van der Waals surface area contributed by atoms with E-state index in [2.05, 4.69) is 0 Å². The average Bonchev–Trinajstić information content (AvgIpc) is 2.98. The number of carboxylic acids is 1. The highest BCUT2D eigenvalue weighted by Gasteiger charge is 2.46. The maximum Gasteiger partial charge on any atom is 0.329 e. The molecule has 0 radical (unpaired) electrons. The second-order valence-electron chi connectivity index (χ2n) is 6.19. The minimum Gasteiger partial charge on any atom is -0.480 e. The summed E-state index contributed by atoms with van der Waals surface area (Å²) in [6.45, 7) is 2.15. The number of likely N-dealkylation sites (tertiary alicyclic amines) is 1. The average molecular weight is 351 g/mol. The number of hydrogen-bond acceptors (Lipinski definition) is 4. The van der Waals surface area contributed by atoms with Gasteiger partial charge in [-0.1, -0.05) is 12.1 Å². The molecule has 1 aromatic rings. The van der Waals surface area contributed by atoms with Gasteiger partial charge in [0.05, 0.1) is 4.58 Å². The van der Waals surface area contributed by atoms with Crippen molar-refractivity contribution >= 4 is 35.4 Å². The first-order valence-corrected chi connectivity index (χ1v) is 10.0. The summed E-state index contributed by atoms with van der Waals surface area (Å²) in [6, 6.07) is 7.71. The van der Waals surface area contributed by atoms with Crippen molar-refractivity contribution in [2.24, 2.45) is 0 Å². The normalized spacial score (nSPS) is 25.5. The van der Waals surface area contributed by atoms with Crippen LogP contribution < -0.4 is 0 Å². The third kappa shape index (κ3) is 3.24. The fourth-order valence-corrected chi connectivity index (χ4v) is 6.02. The minimum atomic E-state index is -1.08. The molecular weight excluding hydrogens is 330 g/mol. The van der Waals surface area contributed by atoms with Gasteiger partial charge in [0.25, 0.3) is 5.91 Å². The molecule has 1 amide bonds. The van der Waals surface area contributed by atoms with Crippen LogP contribution in [0.5, 0.6) is 0 Å². The number of nitrogens with zero attached hydrogens (tertiary/aromatic N) is 1. The van der Waals surface area contributed by atoms with Gasteiger partial charge in [-0.25, -0.2) is 4.79 Å². The lowest BCUT2D eigenvalue weighted by atomic mass is 9.98. The lowest BCUT2D eigenvalue weighted by Gasteiger charge is -2.31. The molecule has 3 rings (SSSR count). The summed E-state index contributed by atoms with van der Waals surface area (Å²) < 4.78 is 0.448. The summed E-state index contributed by atoms with van der Waals surface area (Å²) in [7, 11) is 0. The number of carboxylic acid groups (broad SMARTS) is 1. The van der Waals surface area contributed by atoms with Gasteiger partial charge in [-0.05, 0) is 55.4 Å².